The van der Waals surface area contributed by atoms with Gasteiger partial charge in [0.15, 0.2) is 5.84 Å². The maximum atomic E-state index is 13.0. The molecule has 0 saturated carbocycles. The third kappa shape index (κ3) is 7.49. The molecule has 4 heterocycles. The zero-order valence-corrected chi connectivity index (χ0v) is 20.6. The number of hydrogen-bond acceptors (Lipinski definition) is 9. The number of nitrogens with zero attached hydrogens (tertiary/aromatic N) is 6. The van der Waals surface area contributed by atoms with Crippen LogP contribution in [0.4, 0.5) is 17.1 Å². The Morgan fingerprint density at radius 2 is 1.24 bits per heavy atom. The van der Waals surface area contributed by atoms with Crippen molar-refractivity contribution in [2.24, 2.45) is 9.98 Å². The standard InChI is InChI=1S/C22H19N9O3.C3H8/c1-31-18(21(33)27-15-6-3-9-24-12-15)29-17(20(32)26-14-5-2-8-23-11-14)30-19(31)22(34)28-16-7-4-10-25-13-16;1-3-2/h2-13,18H,1H3,(H,26,32)(H,27,33)(H,28,34);3H2,1-2H3. The van der Waals surface area contributed by atoms with Gasteiger partial charge in [-0.25, -0.2) is 9.98 Å². The summed E-state index contributed by atoms with van der Waals surface area (Å²) >= 11 is 0. The second kappa shape index (κ2) is 13.2. The summed E-state index contributed by atoms with van der Waals surface area (Å²) in [5.74, 6) is -2.45. The molecule has 12 heteroatoms. The van der Waals surface area contributed by atoms with E-state index in [1.54, 1.807) is 55.0 Å². The topological polar surface area (TPSA) is 154 Å². The molecule has 0 spiro atoms. The molecule has 0 aliphatic carbocycles. The highest BCUT2D eigenvalue weighted by Gasteiger charge is 2.35. The summed E-state index contributed by atoms with van der Waals surface area (Å²) in [6.45, 7) is 4.25. The first kappa shape index (κ1) is 26.6. The monoisotopic (exact) mass is 501 g/mol. The van der Waals surface area contributed by atoms with E-state index in [9.17, 15) is 14.4 Å². The van der Waals surface area contributed by atoms with Crippen molar-refractivity contribution in [3.63, 3.8) is 0 Å². The molecule has 4 rings (SSSR count). The Hall–Kier alpha value is -5.00. The van der Waals surface area contributed by atoms with E-state index in [4.69, 9.17) is 0 Å². The van der Waals surface area contributed by atoms with Crippen molar-refractivity contribution in [3.8, 4) is 0 Å². The Morgan fingerprint density at radius 1 is 0.784 bits per heavy atom. The molecule has 1 aliphatic heterocycles. The van der Waals surface area contributed by atoms with Crippen LogP contribution in [0, 0.1) is 0 Å². The fourth-order valence-corrected chi connectivity index (χ4v) is 2.97. The van der Waals surface area contributed by atoms with Crippen molar-refractivity contribution in [1.29, 1.82) is 0 Å². The lowest BCUT2D eigenvalue weighted by Gasteiger charge is -2.29. The minimum Gasteiger partial charge on any atom is -0.325 e. The zero-order valence-electron chi connectivity index (χ0n) is 20.6. The molecular weight excluding hydrogens is 474 g/mol. The first-order chi connectivity index (χ1) is 17.9. The summed E-state index contributed by atoms with van der Waals surface area (Å²) in [4.78, 5) is 60.3. The van der Waals surface area contributed by atoms with Gasteiger partial charge in [-0.05, 0) is 36.4 Å². The minimum absolute atomic E-state index is 0.179. The third-order valence-electron chi connectivity index (χ3n) is 4.57. The molecule has 1 unspecified atom stereocenters. The van der Waals surface area contributed by atoms with E-state index in [0.717, 1.165) is 0 Å². The maximum absolute atomic E-state index is 13.0. The summed E-state index contributed by atoms with van der Waals surface area (Å²) in [6, 6.07) is 9.88. The van der Waals surface area contributed by atoms with Crippen LogP contribution in [0.1, 0.15) is 20.3 Å². The van der Waals surface area contributed by atoms with E-state index < -0.39 is 23.9 Å². The SMILES string of the molecule is CCC.CN1C(C(=O)Nc2cccnc2)=NC(C(=O)Nc2cccnc2)=NC1C(=O)Nc1cccnc1. The normalized spacial score (nSPS) is 14.2. The van der Waals surface area contributed by atoms with E-state index in [2.05, 4.69) is 54.7 Å². The van der Waals surface area contributed by atoms with Gasteiger partial charge in [-0.1, -0.05) is 20.3 Å². The Bertz CT molecular complexity index is 1270. The van der Waals surface area contributed by atoms with Gasteiger partial charge in [-0.3, -0.25) is 29.3 Å². The molecule has 0 radical (unpaired) electrons. The van der Waals surface area contributed by atoms with E-state index in [1.165, 1.54) is 37.0 Å². The maximum Gasteiger partial charge on any atom is 0.293 e. The van der Waals surface area contributed by atoms with E-state index in [0.29, 0.717) is 17.1 Å². The predicted octanol–water partition coefficient (Wildman–Crippen LogP) is 2.57. The molecule has 1 aliphatic rings. The lowest BCUT2D eigenvalue weighted by atomic mass is 10.3. The van der Waals surface area contributed by atoms with E-state index >= 15 is 0 Å². The third-order valence-corrected chi connectivity index (χ3v) is 4.57. The molecule has 0 saturated heterocycles. The van der Waals surface area contributed by atoms with Crippen LogP contribution >= 0.6 is 0 Å². The quantitative estimate of drug-likeness (QED) is 0.469. The summed E-state index contributed by atoms with van der Waals surface area (Å²) < 4.78 is 0. The van der Waals surface area contributed by atoms with Crippen molar-refractivity contribution >= 4 is 46.5 Å². The number of nitrogens with one attached hydrogen (secondary N) is 3. The minimum atomic E-state index is -1.25. The molecular formula is C25H27N9O3. The smallest absolute Gasteiger partial charge is 0.293 e. The van der Waals surface area contributed by atoms with Gasteiger partial charge in [0.1, 0.15) is 0 Å². The first-order valence-corrected chi connectivity index (χ1v) is 11.5. The fourth-order valence-electron chi connectivity index (χ4n) is 2.97. The van der Waals surface area contributed by atoms with Crippen molar-refractivity contribution in [2.45, 2.75) is 26.4 Å². The number of anilines is 3. The number of likely N-dealkylation sites (N-methyl/N-ethyl adjacent to an activating group) is 1. The van der Waals surface area contributed by atoms with Gasteiger partial charge in [-0.2, -0.15) is 0 Å². The second-order valence-electron chi connectivity index (χ2n) is 7.70. The van der Waals surface area contributed by atoms with Gasteiger partial charge >= 0.3 is 0 Å². The molecule has 3 N–H and O–H groups in total. The number of pyridine rings is 3. The number of amidine groups is 2. The van der Waals surface area contributed by atoms with Crippen LogP contribution in [0.2, 0.25) is 0 Å². The summed E-state index contributed by atoms with van der Waals surface area (Å²) in [5.41, 5.74) is 1.26. The van der Waals surface area contributed by atoms with Crippen LogP contribution in [-0.2, 0) is 14.4 Å². The Balaban J connectivity index is 0.00000121. The van der Waals surface area contributed by atoms with Gasteiger partial charge < -0.3 is 20.9 Å². The fraction of sp³-hybridized carbons (Fsp3) is 0.200. The van der Waals surface area contributed by atoms with Crippen LogP contribution < -0.4 is 16.0 Å². The largest absolute Gasteiger partial charge is 0.325 e. The van der Waals surface area contributed by atoms with Crippen molar-refractivity contribution < 1.29 is 14.4 Å². The molecule has 0 fully saturated rings. The lowest BCUT2D eigenvalue weighted by molar-refractivity contribution is -0.119. The van der Waals surface area contributed by atoms with Crippen LogP contribution in [0.15, 0.2) is 83.6 Å². The van der Waals surface area contributed by atoms with Crippen molar-refractivity contribution in [1.82, 2.24) is 19.9 Å². The molecule has 3 aromatic rings. The highest BCUT2D eigenvalue weighted by molar-refractivity contribution is 6.51. The molecule has 37 heavy (non-hydrogen) atoms. The molecule has 0 bridgehead atoms. The van der Waals surface area contributed by atoms with Crippen molar-refractivity contribution in [2.75, 3.05) is 23.0 Å². The summed E-state index contributed by atoms with van der Waals surface area (Å²) in [6.07, 6.45) is 9.05. The summed E-state index contributed by atoms with van der Waals surface area (Å²) in [5, 5.41) is 7.92. The number of aliphatic imine (C=N–C) groups is 2. The molecule has 0 aromatic carbocycles. The summed E-state index contributed by atoms with van der Waals surface area (Å²) in [7, 11) is 1.48. The molecule has 3 aromatic heterocycles. The predicted molar refractivity (Wildman–Crippen MR) is 141 cm³/mol. The molecule has 1 atom stereocenters. The van der Waals surface area contributed by atoms with Gasteiger partial charge in [0.05, 0.1) is 35.7 Å². The Kier molecular flexibility index (Phi) is 9.48. The zero-order chi connectivity index (χ0) is 26.6. The van der Waals surface area contributed by atoms with Gasteiger partial charge in [0, 0.05) is 25.6 Å². The highest BCUT2D eigenvalue weighted by Crippen LogP contribution is 2.15. The van der Waals surface area contributed by atoms with Gasteiger partial charge in [0.2, 0.25) is 12.0 Å². The number of hydrogen-bond donors (Lipinski definition) is 3. The number of rotatable bonds is 6. The number of amides is 3. The average molecular weight is 502 g/mol. The first-order valence-electron chi connectivity index (χ1n) is 11.5. The van der Waals surface area contributed by atoms with E-state index in [-0.39, 0.29) is 11.7 Å². The van der Waals surface area contributed by atoms with Crippen LogP contribution in [0.25, 0.3) is 0 Å². The second-order valence-corrected chi connectivity index (χ2v) is 7.70. The van der Waals surface area contributed by atoms with Crippen LogP contribution in [0.5, 0.6) is 0 Å². The lowest BCUT2D eigenvalue weighted by Crippen LogP contribution is -2.51. The van der Waals surface area contributed by atoms with Crippen LogP contribution in [0.3, 0.4) is 0 Å². The molecule has 190 valence electrons. The number of carbonyl (C=O) groups excluding carboxylic acids is 3. The molecule has 12 nitrogen and oxygen atoms in total. The molecule has 3 amide bonds. The number of carbonyl (C=O) groups is 3. The van der Waals surface area contributed by atoms with Gasteiger partial charge in [0.25, 0.3) is 17.7 Å². The number of aromatic nitrogens is 3. The van der Waals surface area contributed by atoms with E-state index in [1.807, 2.05) is 0 Å². The Morgan fingerprint density at radius 3 is 1.70 bits per heavy atom. The van der Waals surface area contributed by atoms with Gasteiger partial charge in [-0.15, -0.1) is 0 Å². The highest BCUT2D eigenvalue weighted by atomic mass is 16.2. The Labute approximate surface area is 214 Å². The van der Waals surface area contributed by atoms with Crippen molar-refractivity contribution in [3.05, 3.63) is 73.6 Å². The average Bonchev–Trinajstić information content (AvgIpc) is 2.91. The van der Waals surface area contributed by atoms with Crippen LogP contribution in [-0.4, -0.2) is 62.5 Å².